The zero-order valence-electron chi connectivity index (χ0n) is 16.4. The fourth-order valence-electron chi connectivity index (χ4n) is 4.66. The van der Waals surface area contributed by atoms with E-state index in [0.717, 1.165) is 19.5 Å². The van der Waals surface area contributed by atoms with Gasteiger partial charge in [-0.15, -0.1) is 11.3 Å². The molecule has 2 N–H and O–H groups in total. The standard InChI is InChI=1S/C23H29N2O2S/c1-16-23(27)19(15-26)14-20(24-16)13-17-9-11-25(12-10-17)22-8-7-21(28-22)18-5-3-2-4-6-18/h2-8,16-17,19-20,23-24,27H,9-14H2,1H3. The SMILES string of the molecule is CC1NC(CC2CCN(c3ccc(-c4ccccc4)s3)CC2)CC([C]=O)C1O. The molecule has 28 heavy (non-hydrogen) atoms. The van der Waals surface area contributed by atoms with E-state index in [0.29, 0.717) is 18.4 Å². The number of thiophene rings is 1. The van der Waals surface area contributed by atoms with Gasteiger partial charge in [0.15, 0.2) is 0 Å². The number of nitrogens with zero attached hydrogens (tertiary/aromatic N) is 1. The van der Waals surface area contributed by atoms with Crippen molar-refractivity contribution in [1.82, 2.24) is 5.32 Å². The lowest BCUT2D eigenvalue weighted by atomic mass is 9.81. The zero-order valence-corrected chi connectivity index (χ0v) is 17.2. The highest BCUT2D eigenvalue weighted by Crippen LogP contribution is 2.36. The van der Waals surface area contributed by atoms with Crippen LogP contribution in [0.15, 0.2) is 42.5 Å². The number of rotatable bonds is 5. The molecule has 4 rings (SSSR count). The molecular weight excluding hydrogens is 368 g/mol. The van der Waals surface area contributed by atoms with Crippen molar-refractivity contribution < 1.29 is 9.90 Å². The van der Waals surface area contributed by atoms with Crippen molar-refractivity contribution in [3.05, 3.63) is 42.5 Å². The van der Waals surface area contributed by atoms with Crippen LogP contribution >= 0.6 is 11.3 Å². The Morgan fingerprint density at radius 1 is 1.18 bits per heavy atom. The van der Waals surface area contributed by atoms with E-state index in [1.807, 2.05) is 24.5 Å². The predicted molar refractivity (Wildman–Crippen MR) is 116 cm³/mol. The van der Waals surface area contributed by atoms with E-state index in [1.54, 1.807) is 0 Å². The first-order valence-electron chi connectivity index (χ1n) is 10.4. The minimum Gasteiger partial charge on any atom is -0.391 e. The third-order valence-corrected chi connectivity index (χ3v) is 7.50. The third kappa shape index (κ3) is 4.32. The molecule has 1 aromatic carbocycles. The highest BCUT2D eigenvalue weighted by Gasteiger charge is 2.35. The minimum absolute atomic E-state index is 0.0344. The fraction of sp³-hybridized carbons (Fsp3) is 0.522. The van der Waals surface area contributed by atoms with Gasteiger partial charge < -0.3 is 15.3 Å². The second-order valence-electron chi connectivity index (χ2n) is 8.27. The number of anilines is 1. The van der Waals surface area contributed by atoms with Crippen LogP contribution < -0.4 is 10.2 Å². The maximum Gasteiger partial charge on any atom is 0.204 e. The lowest BCUT2D eigenvalue weighted by molar-refractivity contribution is 0.0533. The molecule has 2 fully saturated rings. The van der Waals surface area contributed by atoms with Crippen molar-refractivity contribution >= 4 is 22.6 Å². The molecule has 2 aliphatic rings. The van der Waals surface area contributed by atoms with E-state index >= 15 is 0 Å². The van der Waals surface area contributed by atoms with Gasteiger partial charge in [-0.25, -0.2) is 0 Å². The summed E-state index contributed by atoms with van der Waals surface area (Å²) in [5, 5.41) is 14.9. The summed E-state index contributed by atoms with van der Waals surface area (Å²) in [6.45, 7) is 4.14. The molecule has 149 valence electrons. The molecule has 4 nitrogen and oxygen atoms in total. The molecule has 0 amide bonds. The van der Waals surface area contributed by atoms with E-state index in [9.17, 15) is 9.90 Å². The van der Waals surface area contributed by atoms with Crippen molar-refractivity contribution in [3.8, 4) is 10.4 Å². The van der Waals surface area contributed by atoms with E-state index in [2.05, 4.69) is 52.7 Å². The van der Waals surface area contributed by atoms with Gasteiger partial charge in [0.2, 0.25) is 6.29 Å². The van der Waals surface area contributed by atoms with Gasteiger partial charge in [0, 0.05) is 30.1 Å². The van der Waals surface area contributed by atoms with Crippen molar-refractivity contribution in [2.45, 2.75) is 50.8 Å². The number of aliphatic hydroxyl groups is 1. The molecular formula is C23H29N2O2S. The van der Waals surface area contributed by atoms with Gasteiger partial charge in [-0.3, -0.25) is 4.79 Å². The van der Waals surface area contributed by atoms with Gasteiger partial charge in [0.25, 0.3) is 0 Å². The number of benzene rings is 1. The molecule has 4 atom stereocenters. The average Bonchev–Trinajstić information content (AvgIpc) is 3.22. The van der Waals surface area contributed by atoms with Crippen LogP contribution in [0.25, 0.3) is 10.4 Å². The Hall–Kier alpha value is -1.69. The molecule has 3 heterocycles. The Kier molecular flexibility index (Phi) is 6.14. The lowest BCUT2D eigenvalue weighted by Gasteiger charge is -2.39. The molecule has 2 aliphatic heterocycles. The largest absolute Gasteiger partial charge is 0.391 e. The number of carbonyl (C=O) groups excluding carboxylic acids is 1. The maximum absolute atomic E-state index is 11.1. The van der Waals surface area contributed by atoms with Crippen LogP contribution in [0.2, 0.25) is 0 Å². The highest BCUT2D eigenvalue weighted by atomic mass is 32.1. The van der Waals surface area contributed by atoms with E-state index in [1.165, 1.54) is 28.3 Å². The first kappa shape index (κ1) is 19.6. The van der Waals surface area contributed by atoms with Crippen LogP contribution in [-0.4, -0.2) is 42.7 Å². The first-order valence-corrected chi connectivity index (χ1v) is 11.2. The van der Waals surface area contributed by atoms with Crippen molar-refractivity contribution in [3.63, 3.8) is 0 Å². The Morgan fingerprint density at radius 3 is 2.64 bits per heavy atom. The number of nitrogens with one attached hydrogen (secondary N) is 1. The summed E-state index contributed by atoms with van der Waals surface area (Å²) >= 11 is 1.88. The van der Waals surface area contributed by atoms with Crippen LogP contribution in [0.3, 0.4) is 0 Å². The summed E-state index contributed by atoms with van der Waals surface area (Å²) in [5.41, 5.74) is 1.29. The van der Waals surface area contributed by atoms with Crippen molar-refractivity contribution in [1.29, 1.82) is 0 Å². The molecule has 2 saturated heterocycles. The van der Waals surface area contributed by atoms with Crippen molar-refractivity contribution in [2.24, 2.45) is 11.8 Å². The zero-order chi connectivity index (χ0) is 19.5. The second kappa shape index (κ2) is 8.76. The lowest BCUT2D eigenvalue weighted by Crippen LogP contribution is -2.54. The van der Waals surface area contributed by atoms with Gasteiger partial charge in [0.05, 0.1) is 17.0 Å². The minimum atomic E-state index is -0.603. The summed E-state index contributed by atoms with van der Waals surface area (Å²) in [7, 11) is 0. The topological polar surface area (TPSA) is 52.6 Å². The summed E-state index contributed by atoms with van der Waals surface area (Å²) in [6, 6.07) is 15.3. The molecule has 0 saturated carbocycles. The van der Waals surface area contributed by atoms with Crippen LogP contribution in [0.5, 0.6) is 0 Å². The molecule has 5 heteroatoms. The van der Waals surface area contributed by atoms with E-state index in [-0.39, 0.29) is 12.0 Å². The maximum atomic E-state index is 11.1. The smallest absolute Gasteiger partial charge is 0.204 e. The van der Waals surface area contributed by atoms with Crippen LogP contribution in [0.4, 0.5) is 5.00 Å². The molecule has 1 radical (unpaired) electrons. The van der Waals surface area contributed by atoms with E-state index < -0.39 is 6.10 Å². The third-order valence-electron chi connectivity index (χ3n) is 6.31. The summed E-state index contributed by atoms with van der Waals surface area (Å²) in [4.78, 5) is 15.0. The quantitative estimate of drug-likeness (QED) is 0.804. The Bertz CT molecular complexity index is 770. The van der Waals surface area contributed by atoms with Gasteiger partial charge >= 0.3 is 0 Å². The fourth-order valence-corrected chi connectivity index (χ4v) is 5.72. The van der Waals surface area contributed by atoms with Gasteiger partial charge in [0.1, 0.15) is 0 Å². The number of piperidine rings is 2. The van der Waals surface area contributed by atoms with Gasteiger partial charge in [-0.2, -0.15) is 0 Å². The Balaban J connectivity index is 1.30. The molecule has 4 unspecified atom stereocenters. The van der Waals surface area contributed by atoms with Crippen molar-refractivity contribution in [2.75, 3.05) is 18.0 Å². The van der Waals surface area contributed by atoms with Crippen LogP contribution in [-0.2, 0) is 4.79 Å². The predicted octanol–water partition coefficient (Wildman–Crippen LogP) is 3.86. The number of hydrogen-bond donors (Lipinski definition) is 2. The Morgan fingerprint density at radius 2 is 1.93 bits per heavy atom. The summed E-state index contributed by atoms with van der Waals surface area (Å²) in [5.74, 6) is 0.334. The average molecular weight is 398 g/mol. The summed E-state index contributed by atoms with van der Waals surface area (Å²) in [6.07, 6.45) is 5.61. The second-order valence-corrected chi connectivity index (χ2v) is 9.34. The number of hydrogen-bond acceptors (Lipinski definition) is 5. The van der Waals surface area contributed by atoms with E-state index in [4.69, 9.17) is 0 Å². The molecule has 0 aliphatic carbocycles. The van der Waals surface area contributed by atoms with Crippen LogP contribution in [0.1, 0.15) is 32.6 Å². The molecule has 0 bridgehead atoms. The van der Waals surface area contributed by atoms with Gasteiger partial charge in [-0.1, -0.05) is 30.3 Å². The van der Waals surface area contributed by atoms with Crippen LogP contribution in [0, 0.1) is 11.8 Å². The number of aliphatic hydroxyl groups excluding tert-OH is 1. The Labute approximate surface area is 171 Å². The molecule has 1 aromatic heterocycles. The normalized spacial score (nSPS) is 29.0. The monoisotopic (exact) mass is 397 g/mol. The van der Waals surface area contributed by atoms with Gasteiger partial charge in [-0.05, 0) is 56.2 Å². The highest BCUT2D eigenvalue weighted by molar-refractivity contribution is 7.19. The molecule has 2 aromatic rings. The molecule has 0 spiro atoms. The first-order chi connectivity index (χ1) is 13.6. The summed E-state index contributed by atoms with van der Waals surface area (Å²) < 4.78 is 0.